The normalized spacial score (nSPS) is 7.47. The van der Waals surface area contributed by atoms with E-state index in [0.29, 0.717) is 6.42 Å². The number of carboxylic acid groups (broad SMARTS) is 2. The molecule has 4 N–H and O–H groups in total. The number of aliphatic hydroxyl groups is 2. The van der Waals surface area contributed by atoms with Crippen molar-refractivity contribution in [2.24, 2.45) is 0 Å². The summed E-state index contributed by atoms with van der Waals surface area (Å²) in [6, 6.07) is 0. The third kappa shape index (κ3) is 98.6. The van der Waals surface area contributed by atoms with E-state index in [1.165, 1.54) is 0 Å². The van der Waals surface area contributed by atoms with Crippen LogP contribution >= 0.6 is 37.9 Å². The summed E-state index contributed by atoms with van der Waals surface area (Å²) < 4.78 is 0. The molecule has 0 rings (SSSR count). The summed E-state index contributed by atoms with van der Waals surface area (Å²) in [4.78, 5) is 28.3. The van der Waals surface area contributed by atoms with E-state index in [-0.39, 0.29) is 29.8 Å². The second-order valence-corrected chi connectivity index (χ2v) is 3.43. The molecular weight excluding hydrogens is 316 g/mol. The molecule has 116 valence electrons. The molecule has 0 aromatic rings. The zero-order valence-electron chi connectivity index (χ0n) is 10.4. The van der Waals surface area contributed by atoms with Gasteiger partial charge >= 0.3 is 11.9 Å². The molecule has 0 aliphatic carbocycles. The molecule has 0 aromatic carbocycles. The van der Waals surface area contributed by atoms with Crippen molar-refractivity contribution in [2.75, 3.05) is 24.7 Å². The van der Waals surface area contributed by atoms with Gasteiger partial charge in [-0.2, -0.15) is 25.3 Å². The summed E-state index contributed by atoms with van der Waals surface area (Å²) in [7, 11) is 0. The molecule has 0 fully saturated rings. The number of carboxylic acids is 2. The minimum Gasteiger partial charge on any atom is -0.481 e. The van der Waals surface area contributed by atoms with Crippen LogP contribution in [-0.4, -0.2) is 62.2 Å². The van der Waals surface area contributed by atoms with Gasteiger partial charge in [0.05, 0.1) is 24.7 Å². The van der Waals surface area contributed by atoms with Gasteiger partial charge in [-0.1, -0.05) is 6.92 Å². The first kappa shape index (κ1) is 27.0. The van der Waals surface area contributed by atoms with Crippen molar-refractivity contribution in [1.29, 1.82) is 0 Å². The lowest BCUT2D eigenvalue weighted by molar-refractivity contribution is -0.134. The quantitative estimate of drug-likeness (QED) is 0.354. The number of aliphatic hydroxyl groups excluding tert-OH is 2. The van der Waals surface area contributed by atoms with Crippen LogP contribution < -0.4 is 0 Å². The molecule has 0 aliphatic rings. The Labute approximate surface area is 128 Å². The van der Waals surface area contributed by atoms with Crippen molar-refractivity contribution in [1.82, 2.24) is 0 Å². The molecule has 0 spiro atoms. The minimum atomic E-state index is -0.881. The molecule has 0 bridgehead atoms. The Morgan fingerprint density at radius 1 is 0.895 bits per heavy atom. The van der Waals surface area contributed by atoms with Gasteiger partial charge in [0.25, 0.3) is 0 Å². The third-order valence-electron chi connectivity index (χ3n) is 0.673. The van der Waals surface area contributed by atoms with Gasteiger partial charge in [-0.3, -0.25) is 14.4 Å². The number of hydrogen-bond acceptors (Lipinski definition) is 7. The van der Waals surface area contributed by atoms with Crippen molar-refractivity contribution in [2.45, 2.75) is 13.3 Å². The smallest absolute Gasteiger partial charge is 0.313 e. The second-order valence-electron chi connectivity index (χ2n) is 2.30. The Kier molecular flexibility index (Phi) is 37.3. The van der Waals surface area contributed by atoms with E-state index < -0.39 is 11.9 Å². The van der Waals surface area contributed by atoms with Crippen molar-refractivity contribution in [3.05, 3.63) is 0 Å². The first-order valence-electron chi connectivity index (χ1n) is 4.82. The topological polar surface area (TPSA) is 132 Å². The van der Waals surface area contributed by atoms with Gasteiger partial charge in [0.2, 0.25) is 0 Å². The third-order valence-corrected chi connectivity index (χ3v) is 1.53. The Morgan fingerprint density at radius 3 is 1.05 bits per heavy atom. The lowest BCUT2D eigenvalue weighted by Gasteiger charge is -1.71. The zero-order chi connectivity index (χ0) is 16.3. The molecule has 19 heavy (non-hydrogen) atoms. The molecule has 0 saturated heterocycles. The van der Waals surface area contributed by atoms with Gasteiger partial charge < -0.3 is 20.4 Å². The van der Waals surface area contributed by atoms with Crippen LogP contribution in [0.3, 0.4) is 0 Å². The van der Waals surface area contributed by atoms with E-state index in [1.54, 1.807) is 6.92 Å². The summed E-state index contributed by atoms with van der Waals surface area (Å²) in [6.45, 7) is 1.52. The molecule has 0 saturated carbocycles. The van der Waals surface area contributed by atoms with E-state index in [9.17, 15) is 14.4 Å². The number of thiol groups is 3. The zero-order valence-corrected chi connectivity index (χ0v) is 13.1. The molecule has 0 radical (unpaired) electrons. The number of carbonyl (C=O) groups is 3. The molecule has 0 atom stereocenters. The van der Waals surface area contributed by atoms with Gasteiger partial charge in [0.15, 0.2) is 5.12 Å². The second kappa shape index (κ2) is 26.2. The number of hydrogen-bond donors (Lipinski definition) is 7. The molecule has 0 amide bonds. The van der Waals surface area contributed by atoms with E-state index in [0.717, 1.165) is 0 Å². The maximum atomic E-state index is 9.68. The molecule has 10 heteroatoms. The van der Waals surface area contributed by atoms with Crippen molar-refractivity contribution in [3.63, 3.8) is 0 Å². The summed E-state index contributed by atoms with van der Waals surface area (Å²) in [6.07, 6.45) is 0.531. The maximum absolute atomic E-state index is 9.68. The predicted octanol–water partition coefficient (Wildman–Crippen LogP) is -0.175. The van der Waals surface area contributed by atoms with Gasteiger partial charge in [0, 0.05) is 6.42 Å². The van der Waals surface area contributed by atoms with E-state index in [2.05, 4.69) is 37.9 Å². The van der Waals surface area contributed by atoms with Crippen LogP contribution in [0.15, 0.2) is 0 Å². The molecule has 0 aromatic heterocycles. The fraction of sp³-hybridized carbons (Fsp3) is 0.667. The monoisotopic (exact) mass is 336 g/mol. The van der Waals surface area contributed by atoms with Crippen molar-refractivity contribution in [3.8, 4) is 0 Å². The van der Waals surface area contributed by atoms with E-state index in [4.69, 9.17) is 20.4 Å². The molecule has 7 nitrogen and oxygen atoms in total. The van der Waals surface area contributed by atoms with Gasteiger partial charge in [-0.15, -0.1) is 12.6 Å². The first-order valence-corrected chi connectivity index (χ1v) is 6.53. The highest BCUT2D eigenvalue weighted by molar-refractivity contribution is 7.96. The van der Waals surface area contributed by atoms with Crippen molar-refractivity contribution < 1.29 is 34.8 Å². The summed E-state index contributed by atoms with van der Waals surface area (Å²) in [5, 5.41) is 30.5. The van der Waals surface area contributed by atoms with Crippen LogP contribution in [0.4, 0.5) is 0 Å². The minimum absolute atomic E-state index is 0.0509. The van der Waals surface area contributed by atoms with E-state index in [1.807, 2.05) is 0 Å². The van der Waals surface area contributed by atoms with Gasteiger partial charge in [-0.25, -0.2) is 0 Å². The van der Waals surface area contributed by atoms with Crippen LogP contribution in [0.25, 0.3) is 0 Å². The molecule has 0 aliphatic heterocycles. The average molecular weight is 336 g/mol. The summed E-state index contributed by atoms with van der Waals surface area (Å²) in [5.41, 5.74) is 0. The van der Waals surface area contributed by atoms with Crippen LogP contribution in [-0.2, 0) is 14.4 Å². The fourth-order valence-electron chi connectivity index (χ4n) is 0. The Balaban J connectivity index is -0.0000000793. The average Bonchev–Trinajstić information content (AvgIpc) is 2.40. The van der Waals surface area contributed by atoms with E-state index >= 15 is 0 Å². The van der Waals surface area contributed by atoms with Crippen molar-refractivity contribution >= 4 is 54.9 Å². The largest absolute Gasteiger partial charge is 0.481 e. The van der Waals surface area contributed by atoms with Crippen LogP contribution in [0.1, 0.15) is 13.3 Å². The maximum Gasteiger partial charge on any atom is 0.313 e. The van der Waals surface area contributed by atoms with Crippen LogP contribution in [0.2, 0.25) is 0 Å². The lowest BCUT2D eigenvalue weighted by atomic mass is 10.6. The first-order chi connectivity index (χ1) is 8.72. The number of aliphatic carboxylic acids is 2. The van der Waals surface area contributed by atoms with Crippen LogP contribution in [0.5, 0.6) is 0 Å². The number of carbonyl (C=O) groups excluding carboxylic acids is 1. The van der Waals surface area contributed by atoms with Gasteiger partial charge in [-0.05, 0) is 0 Å². The highest BCUT2D eigenvalue weighted by Gasteiger charge is 1.82. The predicted molar refractivity (Wildman–Crippen MR) is 81.4 cm³/mol. The molecule has 0 heterocycles. The molecule has 0 unspecified atom stereocenters. The number of rotatable bonds is 4. The lowest BCUT2D eigenvalue weighted by Crippen LogP contribution is -1.92. The highest BCUT2D eigenvalue weighted by Crippen LogP contribution is 1.80. The Morgan fingerprint density at radius 2 is 1.05 bits per heavy atom. The summed E-state index contributed by atoms with van der Waals surface area (Å²) >= 11 is 10.3. The molecular formula is C9H20O7S3. The fourth-order valence-corrected chi connectivity index (χ4v) is 0. The Bertz CT molecular complexity index is 189. The standard InChI is InChI=1S/C3H6OS.2C2H4O2S.C2H6O2/c1-2-3(4)5;2*3-2(4)1-5;3-1-2-4/h2H2,1H3,(H,4,5);2*5H,1H2,(H,3,4);3-4H,1-2H2. The highest BCUT2D eigenvalue weighted by atomic mass is 32.1. The SMILES string of the molecule is CCC(=O)S.O=C(O)CS.O=C(O)CS.OCCO. The van der Waals surface area contributed by atoms with Crippen LogP contribution in [0, 0.1) is 0 Å². The summed E-state index contributed by atoms with van der Waals surface area (Å²) in [5.74, 6) is -1.93. The Hall–Kier alpha value is -0.420. The van der Waals surface area contributed by atoms with Gasteiger partial charge in [0.1, 0.15) is 0 Å².